The molecule has 8 nitrogen and oxygen atoms in total. The fraction of sp³-hybridized carbons (Fsp3) is 0.355. The fourth-order valence-electron chi connectivity index (χ4n) is 5.58. The minimum Gasteiger partial charge on any atom is -0.497 e. The van der Waals surface area contributed by atoms with Gasteiger partial charge in [0.25, 0.3) is 0 Å². The summed E-state index contributed by atoms with van der Waals surface area (Å²) >= 11 is 0. The van der Waals surface area contributed by atoms with Gasteiger partial charge in [0.15, 0.2) is 0 Å². The summed E-state index contributed by atoms with van der Waals surface area (Å²) in [4.78, 5) is 30.2. The highest BCUT2D eigenvalue weighted by Crippen LogP contribution is 2.35. The number of aromatic nitrogens is 3. The van der Waals surface area contributed by atoms with Gasteiger partial charge in [-0.1, -0.05) is 66.9 Å². The van der Waals surface area contributed by atoms with E-state index in [1.807, 2.05) is 80.6 Å². The third-order valence-electron chi connectivity index (χ3n) is 7.52. The van der Waals surface area contributed by atoms with E-state index in [1.54, 1.807) is 16.7 Å². The zero-order chi connectivity index (χ0) is 27.4. The third kappa shape index (κ3) is 5.65. The molecule has 0 aliphatic heterocycles. The van der Waals surface area contributed by atoms with Crippen LogP contribution in [0.25, 0.3) is 11.0 Å². The maximum Gasteiger partial charge on any atom is 0.249 e. The Morgan fingerprint density at radius 2 is 1.72 bits per heavy atom. The molecule has 0 saturated heterocycles. The quantitative estimate of drug-likeness (QED) is 0.338. The first-order valence-corrected chi connectivity index (χ1v) is 13.6. The van der Waals surface area contributed by atoms with Crippen molar-refractivity contribution < 1.29 is 14.3 Å². The van der Waals surface area contributed by atoms with Gasteiger partial charge < -0.3 is 10.1 Å². The second-order valence-corrected chi connectivity index (χ2v) is 10.3. The number of carbonyl (C=O) groups is 2. The normalized spacial score (nSPS) is 14.6. The number of anilines is 1. The van der Waals surface area contributed by atoms with Gasteiger partial charge in [-0.05, 0) is 67.6 Å². The van der Waals surface area contributed by atoms with Crippen molar-refractivity contribution in [2.45, 2.75) is 64.6 Å². The lowest BCUT2D eigenvalue weighted by Gasteiger charge is -2.35. The molecule has 39 heavy (non-hydrogen) atoms. The van der Waals surface area contributed by atoms with Crippen LogP contribution < -0.4 is 15.0 Å². The Bertz CT molecular complexity index is 1450. The Kier molecular flexibility index (Phi) is 7.91. The van der Waals surface area contributed by atoms with E-state index in [0.717, 1.165) is 48.0 Å². The fourth-order valence-corrected chi connectivity index (χ4v) is 5.58. The summed E-state index contributed by atoms with van der Waals surface area (Å²) in [5.41, 5.74) is 4.69. The number of nitrogens with one attached hydrogen (secondary N) is 1. The zero-order valence-corrected chi connectivity index (χ0v) is 22.8. The predicted molar refractivity (Wildman–Crippen MR) is 152 cm³/mol. The van der Waals surface area contributed by atoms with Crippen LogP contribution in [-0.2, 0) is 16.1 Å². The molecular formula is C31H35N5O3. The smallest absolute Gasteiger partial charge is 0.249 e. The first kappa shape index (κ1) is 26.4. The van der Waals surface area contributed by atoms with E-state index in [-0.39, 0.29) is 24.4 Å². The van der Waals surface area contributed by atoms with Crippen LogP contribution in [0.15, 0.2) is 66.7 Å². The standard InChI is InChI=1S/C31H35N5O3/c1-21-11-9-12-22(2)29(21)36(28(37)20-35-27-18-8-7-17-26(27)33-34-35)30(23-13-10-16-25(19-23)39-3)31(38)32-24-14-5-4-6-15-24/h7-13,16-19,24,30H,4-6,14-15,20H2,1-3H3,(H,32,38)/t30-/m1/s1. The number of methoxy groups -OCH3 is 1. The van der Waals surface area contributed by atoms with E-state index in [1.165, 1.54) is 6.42 Å². The van der Waals surface area contributed by atoms with Gasteiger partial charge in [-0.15, -0.1) is 5.10 Å². The van der Waals surface area contributed by atoms with Crippen LogP contribution in [0.2, 0.25) is 0 Å². The van der Waals surface area contributed by atoms with Crippen LogP contribution >= 0.6 is 0 Å². The number of carbonyl (C=O) groups excluding carboxylic acids is 2. The van der Waals surface area contributed by atoms with Crippen molar-refractivity contribution in [3.63, 3.8) is 0 Å². The van der Waals surface area contributed by atoms with Gasteiger partial charge in [-0.3, -0.25) is 14.5 Å². The molecule has 1 aliphatic carbocycles. The number of hydrogen-bond acceptors (Lipinski definition) is 5. The molecule has 1 atom stereocenters. The molecule has 1 aromatic heterocycles. The topological polar surface area (TPSA) is 89.4 Å². The van der Waals surface area contributed by atoms with Crippen molar-refractivity contribution in [2.24, 2.45) is 0 Å². The van der Waals surface area contributed by atoms with Gasteiger partial charge >= 0.3 is 0 Å². The molecule has 0 spiro atoms. The van der Waals surface area contributed by atoms with Gasteiger partial charge in [0.2, 0.25) is 11.8 Å². The molecule has 3 aromatic carbocycles. The molecule has 1 N–H and O–H groups in total. The van der Waals surface area contributed by atoms with E-state index in [2.05, 4.69) is 15.6 Å². The Balaban J connectivity index is 1.62. The number of fused-ring (bicyclic) bond motifs is 1. The Morgan fingerprint density at radius 3 is 2.46 bits per heavy atom. The van der Waals surface area contributed by atoms with E-state index < -0.39 is 6.04 Å². The van der Waals surface area contributed by atoms with Crippen molar-refractivity contribution in [1.29, 1.82) is 0 Å². The molecule has 5 rings (SSSR count). The number of benzene rings is 3. The second kappa shape index (κ2) is 11.7. The predicted octanol–water partition coefficient (Wildman–Crippen LogP) is 5.28. The molecule has 1 aliphatic rings. The Labute approximate surface area is 229 Å². The molecular weight excluding hydrogens is 490 g/mol. The monoisotopic (exact) mass is 525 g/mol. The molecule has 0 radical (unpaired) electrons. The lowest BCUT2D eigenvalue weighted by molar-refractivity contribution is -0.127. The summed E-state index contributed by atoms with van der Waals surface area (Å²) in [7, 11) is 1.60. The van der Waals surface area contributed by atoms with Crippen LogP contribution in [0.4, 0.5) is 5.69 Å². The first-order valence-electron chi connectivity index (χ1n) is 13.6. The third-order valence-corrected chi connectivity index (χ3v) is 7.52. The SMILES string of the molecule is COc1cccc([C@H](C(=O)NC2CCCCC2)N(C(=O)Cn2nnc3ccccc32)c2c(C)cccc2C)c1. The molecule has 2 amide bonds. The van der Waals surface area contributed by atoms with Gasteiger partial charge in [-0.2, -0.15) is 0 Å². The summed E-state index contributed by atoms with van der Waals surface area (Å²) in [5, 5.41) is 11.8. The van der Waals surface area contributed by atoms with Crippen molar-refractivity contribution in [2.75, 3.05) is 12.0 Å². The van der Waals surface area contributed by atoms with Gasteiger partial charge in [0.1, 0.15) is 23.9 Å². The molecule has 0 bridgehead atoms. The Hall–Kier alpha value is -4.20. The minimum atomic E-state index is -0.899. The van der Waals surface area contributed by atoms with E-state index in [4.69, 9.17) is 4.74 Å². The average molecular weight is 526 g/mol. The number of hydrogen-bond donors (Lipinski definition) is 1. The van der Waals surface area contributed by atoms with Crippen LogP contribution in [0.3, 0.4) is 0 Å². The lowest BCUT2D eigenvalue weighted by Crippen LogP contribution is -2.48. The van der Waals surface area contributed by atoms with Crippen LogP contribution in [0.1, 0.15) is 54.8 Å². The summed E-state index contributed by atoms with van der Waals surface area (Å²) in [6.45, 7) is 3.87. The second-order valence-electron chi connectivity index (χ2n) is 10.3. The molecule has 1 heterocycles. The van der Waals surface area contributed by atoms with Crippen molar-refractivity contribution >= 4 is 28.5 Å². The summed E-state index contributed by atoms with van der Waals surface area (Å²) in [6.07, 6.45) is 5.25. The summed E-state index contributed by atoms with van der Waals surface area (Å²) < 4.78 is 7.10. The van der Waals surface area contributed by atoms with Gasteiger partial charge in [0.05, 0.1) is 18.3 Å². The molecule has 8 heteroatoms. The average Bonchev–Trinajstić information content (AvgIpc) is 3.35. The van der Waals surface area contributed by atoms with Crippen LogP contribution in [0, 0.1) is 13.8 Å². The van der Waals surface area contributed by atoms with Crippen molar-refractivity contribution in [1.82, 2.24) is 20.3 Å². The molecule has 202 valence electrons. The largest absolute Gasteiger partial charge is 0.497 e. The molecule has 1 fully saturated rings. The lowest BCUT2D eigenvalue weighted by atomic mass is 9.94. The van der Waals surface area contributed by atoms with Crippen LogP contribution in [-0.4, -0.2) is 40.0 Å². The molecule has 1 saturated carbocycles. The highest BCUT2D eigenvalue weighted by atomic mass is 16.5. The minimum absolute atomic E-state index is 0.0640. The molecule has 4 aromatic rings. The van der Waals surface area contributed by atoms with E-state index in [0.29, 0.717) is 16.8 Å². The van der Waals surface area contributed by atoms with E-state index in [9.17, 15) is 9.59 Å². The molecule has 0 unspecified atom stereocenters. The first-order chi connectivity index (χ1) is 19.0. The maximum atomic E-state index is 14.4. The zero-order valence-electron chi connectivity index (χ0n) is 22.8. The Morgan fingerprint density at radius 1 is 1.00 bits per heavy atom. The maximum absolute atomic E-state index is 14.4. The number of ether oxygens (including phenoxy) is 1. The number of rotatable bonds is 8. The van der Waals surface area contributed by atoms with Crippen LogP contribution in [0.5, 0.6) is 5.75 Å². The van der Waals surface area contributed by atoms with Gasteiger partial charge in [-0.25, -0.2) is 4.68 Å². The van der Waals surface area contributed by atoms with Crippen molar-refractivity contribution in [3.05, 3.63) is 83.4 Å². The number of amides is 2. The van der Waals surface area contributed by atoms with Crippen molar-refractivity contribution in [3.8, 4) is 5.75 Å². The van der Waals surface area contributed by atoms with E-state index >= 15 is 0 Å². The number of nitrogens with zero attached hydrogens (tertiary/aromatic N) is 4. The number of aryl methyl sites for hydroxylation is 2. The van der Waals surface area contributed by atoms with Gasteiger partial charge in [0, 0.05) is 6.04 Å². The summed E-state index contributed by atoms with van der Waals surface area (Å²) in [6, 6.07) is 20.0. The highest BCUT2D eigenvalue weighted by Gasteiger charge is 2.36. The number of para-hydroxylation sites is 2. The summed E-state index contributed by atoms with van der Waals surface area (Å²) in [5.74, 6) is 0.170. The highest BCUT2D eigenvalue weighted by molar-refractivity contribution is 6.02.